The molecule has 0 atom stereocenters. The number of hydrogen-bond acceptors (Lipinski definition) is 5. The fourth-order valence-electron chi connectivity index (χ4n) is 1.88. The highest BCUT2D eigenvalue weighted by Crippen LogP contribution is 2.29. The average Bonchev–Trinajstić information content (AvgIpc) is 2.99. The molecule has 2 aromatic heterocycles. The van der Waals surface area contributed by atoms with Crippen LogP contribution >= 0.6 is 0 Å². The van der Waals surface area contributed by atoms with Crippen molar-refractivity contribution in [3.8, 4) is 28.6 Å². The summed E-state index contributed by atoms with van der Waals surface area (Å²) in [5.41, 5.74) is 1.66. The lowest BCUT2D eigenvalue weighted by Gasteiger charge is -2.05. The van der Waals surface area contributed by atoms with Crippen LogP contribution < -0.4 is 4.74 Å². The van der Waals surface area contributed by atoms with Crippen LogP contribution in [0.4, 0.5) is 0 Å². The first kappa shape index (κ1) is 12.3. The van der Waals surface area contributed by atoms with E-state index in [-0.39, 0.29) is 0 Å². The zero-order valence-electron chi connectivity index (χ0n) is 11.0. The molecule has 20 heavy (non-hydrogen) atoms. The highest BCUT2D eigenvalue weighted by atomic mass is 16.5. The van der Waals surface area contributed by atoms with E-state index < -0.39 is 0 Å². The van der Waals surface area contributed by atoms with E-state index in [1.165, 1.54) is 0 Å². The van der Waals surface area contributed by atoms with E-state index in [1.807, 2.05) is 43.3 Å². The Morgan fingerprint density at radius 2 is 1.90 bits per heavy atom. The van der Waals surface area contributed by atoms with E-state index in [2.05, 4.69) is 15.1 Å². The van der Waals surface area contributed by atoms with E-state index in [0.29, 0.717) is 18.3 Å². The van der Waals surface area contributed by atoms with Gasteiger partial charge in [0, 0.05) is 18.0 Å². The molecule has 5 heteroatoms. The Morgan fingerprint density at radius 3 is 2.70 bits per heavy atom. The van der Waals surface area contributed by atoms with Gasteiger partial charge >= 0.3 is 0 Å². The van der Waals surface area contributed by atoms with Crippen LogP contribution in [0.3, 0.4) is 0 Å². The Balaban J connectivity index is 1.98. The number of pyridine rings is 1. The van der Waals surface area contributed by atoms with Crippen LogP contribution in [-0.2, 0) is 0 Å². The number of hydrogen-bond donors (Lipinski definition) is 0. The van der Waals surface area contributed by atoms with Gasteiger partial charge in [0.05, 0.1) is 12.2 Å². The van der Waals surface area contributed by atoms with Gasteiger partial charge in [-0.25, -0.2) is 0 Å². The molecule has 5 nitrogen and oxygen atoms in total. The van der Waals surface area contributed by atoms with Crippen molar-refractivity contribution in [1.29, 1.82) is 0 Å². The summed E-state index contributed by atoms with van der Waals surface area (Å²) in [7, 11) is 0. The molecule has 0 spiro atoms. The summed E-state index contributed by atoms with van der Waals surface area (Å²) >= 11 is 0. The second-order valence-corrected chi connectivity index (χ2v) is 4.09. The molecule has 0 aliphatic carbocycles. The van der Waals surface area contributed by atoms with E-state index in [4.69, 9.17) is 9.26 Å². The van der Waals surface area contributed by atoms with Crippen LogP contribution in [0.1, 0.15) is 6.92 Å². The lowest BCUT2D eigenvalue weighted by Crippen LogP contribution is -1.94. The SMILES string of the molecule is CCOc1ccccc1-c1noc(-c2ccncc2)n1. The quantitative estimate of drug-likeness (QED) is 0.726. The topological polar surface area (TPSA) is 61.0 Å². The normalized spacial score (nSPS) is 10.4. The van der Waals surface area contributed by atoms with Gasteiger partial charge < -0.3 is 9.26 Å². The van der Waals surface area contributed by atoms with Gasteiger partial charge in [0.15, 0.2) is 0 Å². The number of rotatable bonds is 4. The van der Waals surface area contributed by atoms with Crippen molar-refractivity contribution >= 4 is 0 Å². The Morgan fingerprint density at radius 1 is 1.10 bits per heavy atom. The maximum atomic E-state index is 5.57. The van der Waals surface area contributed by atoms with Crippen molar-refractivity contribution in [2.24, 2.45) is 0 Å². The molecule has 0 N–H and O–H groups in total. The highest BCUT2D eigenvalue weighted by Gasteiger charge is 2.13. The molecule has 0 saturated carbocycles. The van der Waals surface area contributed by atoms with Crippen molar-refractivity contribution in [3.63, 3.8) is 0 Å². The van der Waals surface area contributed by atoms with E-state index >= 15 is 0 Å². The highest BCUT2D eigenvalue weighted by molar-refractivity contribution is 5.65. The molecular formula is C15H13N3O2. The maximum Gasteiger partial charge on any atom is 0.258 e. The smallest absolute Gasteiger partial charge is 0.258 e. The predicted molar refractivity (Wildman–Crippen MR) is 74.1 cm³/mol. The lowest BCUT2D eigenvalue weighted by atomic mass is 10.2. The molecule has 0 unspecified atom stereocenters. The number of aromatic nitrogens is 3. The van der Waals surface area contributed by atoms with E-state index in [0.717, 1.165) is 16.9 Å². The molecule has 0 fully saturated rings. The first-order valence-electron chi connectivity index (χ1n) is 6.35. The zero-order chi connectivity index (χ0) is 13.8. The van der Waals surface area contributed by atoms with Gasteiger partial charge in [-0.2, -0.15) is 4.98 Å². The molecule has 0 saturated heterocycles. The zero-order valence-corrected chi connectivity index (χ0v) is 11.0. The largest absolute Gasteiger partial charge is 0.493 e. The average molecular weight is 267 g/mol. The summed E-state index contributed by atoms with van der Waals surface area (Å²) in [4.78, 5) is 8.37. The van der Waals surface area contributed by atoms with Crippen molar-refractivity contribution in [1.82, 2.24) is 15.1 Å². The molecule has 1 aromatic carbocycles. The first-order valence-corrected chi connectivity index (χ1v) is 6.35. The Bertz CT molecular complexity index is 695. The van der Waals surface area contributed by atoms with Crippen molar-refractivity contribution in [2.45, 2.75) is 6.92 Å². The molecule has 0 bridgehead atoms. The minimum Gasteiger partial charge on any atom is -0.493 e. The Labute approximate surface area is 116 Å². The summed E-state index contributed by atoms with van der Waals surface area (Å²) in [6.07, 6.45) is 3.38. The second kappa shape index (κ2) is 5.52. The fourth-order valence-corrected chi connectivity index (χ4v) is 1.88. The molecular weight excluding hydrogens is 254 g/mol. The van der Waals surface area contributed by atoms with Crippen molar-refractivity contribution in [3.05, 3.63) is 48.8 Å². The van der Waals surface area contributed by atoms with Gasteiger partial charge in [-0.15, -0.1) is 0 Å². The molecule has 3 aromatic rings. The molecule has 3 rings (SSSR count). The Hall–Kier alpha value is -2.69. The fraction of sp³-hybridized carbons (Fsp3) is 0.133. The number of ether oxygens (including phenoxy) is 1. The summed E-state index contributed by atoms with van der Waals surface area (Å²) in [5, 5.41) is 4.02. The van der Waals surface area contributed by atoms with Crippen LogP contribution in [0.5, 0.6) is 5.75 Å². The van der Waals surface area contributed by atoms with Crippen LogP contribution in [0.2, 0.25) is 0 Å². The first-order chi connectivity index (χ1) is 9.88. The standard InChI is InChI=1S/C15H13N3O2/c1-2-19-13-6-4-3-5-12(13)14-17-15(20-18-14)11-7-9-16-10-8-11/h3-10H,2H2,1H3. The van der Waals surface area contributed by atoms with Crippen LogP contribution in [0.15, 0.2) is 53.3 Å². The number of nitrogens with zero attached hydrogens (tertiary/aromatic N) is 3. The molecule has 0 radical (unpaired) electrons. The van der Waals surface area contributed by atoms with Gasteiger partial charge in [-0.05, 0) is 31.2 Å². The molecule has 2 heterocycles. The molecule has 0 aliphatic heterocycles. The third-order valence-electron chi connectivity index (χ3n) is 2.78. The van der Waals surface area contributed by atoms with Gasteiger partial charge in [0.25, 0.3) is 5.89 Å². The number of benzene rings is 1. The summed E-state index contributed by atoms with van der Waals surface area (Å²) < 4.78 is 10.9. The maximum absolute atomic E-state index is 5.57. The minimum absolute atomic E-state index is 0.466. The predicted octanol–water partition coefficient (Wildman–Crippen LogP) is 3.20. The summed E-state index contributed by atoms with van der Waals surface area (Å²) in [6.45, 7) is 2.53. The third kappa shape index (κ3) is 2.38. The van der Waals surface area contributed by atoms with Crippen molar-refractivity contribution < 1.29 is 9.26 Å². The molecule has 100 valence electrons. The molecule has 0 amide bonds. The van der Waals surface area contributed by atoms with Gasteiger partial charge in [0.2, 0.25) is 5.82 Å². The second-order valence-electron chi connectivity index (χ2n) is 4.09. The third-order valence-corrected chi connectivity index (χ3v) is 2.78. The van der Waals surface area contributed by atoms with Gasteiger partial charge in [-0.1, -0.05) is 17.3 Å². The monoisotopic (exact) mass is 267 g/mol. The van der Waals surface area contributed by atoms with Gasteiger partial charge in [-0.3, -0.25) is 4.98 Å². The number of para-hydroxylation sites is 1. The van der Waals surface area contributed by atoms with Gasteiger partial charge in [0.1, 0.15) is 5.75 Å². The van der Waals surface area contributed by atoms with Crippen LogP contribution in [-0.4, -0.2) is 21.7 Å². The van der Waals surface area contributed by atoms with E-state index in [9.17, 15) is 0 Å². The molecule has 0 aliphatic rings. The van der Waals surface area contributed by atoms with Crippen LogP contribution in [0.25, 0.3) is 22.8 Å². The van der Waals surface area contributed by atoms with Crippen molar-refractivity contribution in [2.75, 3.05) is 6.61 Å². The Kier molecular flexibility index (Phi) is 3.41. The van der Waals surface area contributed by atoms with Crippen LogP contribution in [0, 0.1) is 0 Å². The summed E-state index contributed by atoms with van der Waals surface area (Å²) in [5.74, 6) is 1.73. The lowest BCUT2D eigenvalue weighted by molar-refractivity contribution is 0.341. The van der Waals surface area contributed by atoms with E-state index in [1.54, 1.807) is 12.4 Å². The minimum atomic E-state index is 0.466. The summed E-state index contributed by atoms with van der Waals surface area (Å²) in [6, 6.07) is 11.3.